The smallest absolute Gasteiger partial charge is 0.212 e. The zero-order valence-corrected chi connectivity index (χ0v) is 6.32. The van der Waals surface area contributed by atoms with Gasteiger partial charge in [-0.2, -0.15) is 0 Å². The number of rotatable bonds is 2. The van der Waals surface area contributed by atoms with E-state index in [0.29, 0.717) is 12.2 Å². The lowest BCUT2D eigenvalue weighted by Gasteiger charge is -2.20. The number of nitrogens with zero attached hydrogens (tertiary/aromatic N) is 1. The van der Waals surface area contributed by atoms with Crippen molar-refractivity contribution < 1.29 is 9.59 Å². The number of carbonyl (C=O) groups excluding carboxylic acids is 2. The van der Waals surface area contributed by atoms with Crippen LogP contribution in [0.5, 0.6) is 0 Å². The topological polar surface area (TPSA) is 37.4 Å². The van der Waals surface area contributed by atoms with Crippen LogP contribution < -0.4 is 0 Å². The van der Waals surface area contributed by atoms with Crippen molar-refractivity contribution in [2.75, 3.05) is 13.1 Å². The molecule has 0 aromatic carbocycles. The van der Waals surface area contributed by atoms with E-state index in [1.165, 1.54) is 6.42 Å². The normalized spacial score (nSPS) is 40.9. The zero-order valence-electron chi connectivity index (χ0n) is 6.32. The molecular formula is C8H11NO2. The molecule has 2 aliphatic heterocycles. The Morgan fingerprint density at radius 2 is 2.36 bits per heavy atom. The second-order valence-electron chi connectivity index (χ2n) is 3.42. The van der Waals surface area contributed by atoms with E-state index in [1.807, 2.05) is 0 Å². The summed E-state index contributed by atoms with van der Waals surface area (Å²) in [6, 6.07) is -0.0637. The molecule has 3 nitrogen and oxygen atoms in total. The largest absolute Gasteiger partial charge is 0.295 e. The molecule has 0 aromatic rings. The fourth-order valence-electron chi connectivity index (χ4n) is 2.18. The van der Waals surface area contributed by atoms with Crippen molar-refractivity contribution >= 4 is 12.1 Å². The summed E-state index contributed by atoms with van der Waals surface area (Å²) < 4.78 is 0. The van der Waals surface area contributed by atoms with E-state index in [1.54, 1.807) is 0 Å². The second-order valence-corrected chi connectivity index (χ2v) is 3.42. The molecule has 11 heavy (non-hydrogen) atoms. The van der Waals surface area contributed by atoms with Gasteiger partial charge in [0, 0.05) is 6.54 Å². The molecule has 2 fully saturated rings. The van der Waals surface area contributed by atoms with Crippen molar-refractivity contribution in [2.24, 2.45) is 5.92 Å². The molecular weight excluding hydrogens is 142 g/mol. The summed E-state index contributed by atoms with van der Waals surface area (Å²) in [7, 11) is 0. The minimum atomic E-state index is -0.229. The summed E-state index contributed by atoms with van der Waals surface area (Å²) in [4.78, 5) is 23.3. The molecule has 0 N–H and O–H groups in total. The van der Waals surface area contributed by atoms with Gasteiger partial charge in [0.25, 0.3) is 0 Å². The molecule has 2 bridgehead atoms. The SMILES string of the molecule is O=CC(=O)C1CC2CCN1C2. The number of hydrogen-bond donors (Lipinski definition) is 0. The van der Waals surface area contributed by atoms with Crippen molar-refractivity contribution in [2.45, 2.75) is 18.9 Å². The van der Waals surface area contributed by atoms with Gasteiger partial charge in [0.05, 0.1) is 6.04 Å². The lowest BCUT2D eigenvalue weighted by atomic mass is 9.98. The lowest BCUT2D eigenvalue weighted by molar-refractivity contribution is -0.133. The van der Waals surface area contributed by atoms with Gasteiger partial charge >= 0.3 is 0 Å². The van der Waals surface area contributed by atoms with Crippen molar-refractivity contribution in [1.82, 2.24) is 4.90 Å². The molecule has 60 valence electrons. The Morgan fingerprint density at radius 1 is 1.55 bits per heavy atom. The summed E-state index contributed by atoms with van der Waals surface area (Å²) in [6.07, 6.45) is 2.59. The van der Waals surface area contributed by atoms with E-state index in [0.717, 1.165) is 19.5 Å². The van der Waals surface area contributed by atoms with Gasteiger partial charge in [0.15, 0.2) is 6.29 Å². The predicted octanol–water partition coefficient (Wildman–Crippen LogP) is -0.151. The molecule has 0 saturated carbocycles. The van der Waals surface area contributed by atoms with Gasteiger partial charge in [-0.25, -0.2) is 0 Å². The molecule has 0 aliphatic carbocycles. The quantitative estimate of drug-likeness (QED) is 0.409. The Hall–Kier alpha value is -0.700. The maximum Gasteiger partial charge on any atom is 0.212 e. The third kappa shape index (κ3) is 0.997. The van der Waals surface area contributed by atoms with Gasteiger partial charge < -0.3 is 0 Å². The van der Waals surface area contributed by atoms with Crippen LogP contribution in [-0.2, 0) is 9.59 Å². The van der Waals surface area contributed by atoms with E-state index in [9.17, 15) is 9.59 Å². The highest BCUT2D eigenvalue weighted by Crippen LogP contribution is 2.32. The third-order valence-electron chi connectivity index (χ3n) is 2.76. The van der Waals surface area contributed by atoms with Gasteiger partial charge in [-0.05, 0) is 25.3 Å². The predicted molar refractivity (Wildman–Crippen MR) is 39.2 cm³/mol. The summed E-state index contributed by atoms with van der Waals surface area (Å²) in [5.74, 6) is 0.455. The monoisotopic (exact) mass is 153 g/mol. The average Bonchev–Trinajstić information content (AvgIpc) is 2.62. The van der Waals surface area contributed by atoms with Crippen LogP contribution >= 0.6 is 0 Å². The summed E-state index contributed by atoms with van der Waals surface area (Å²) in [6.45, 7) is 2.04. The molecule has 2 rings (SSSR count). The molecule has 0 amide bonds. The van der Waals surface area contributed by atoms with E-state index < -0.39 is 0 Å². The van der Waals surface area contributed by atoms with Crippen molar-refractivity contribution in [3.63, 3.8) is 0 Å². The first-order valence-electron chi connectivity index (χ1n) is 4.04. The molecule has 2 heterocycles. The number of Topliss-reactive ketones (excluding diaryl/α,β-unsaturated/α-hetero) is 1. The minimum absolute atomic E-state index is 0.0637. The number of aldehydes is 1. The molecule has 0 radical (unpaired) electrons. The van der Waals surface area contributed by atoms with Crippen molar-refractivity contribution in [1.29, 1.82) is 0 Å². The first-order chi connectivity index (χ1) is 5.31. The highest BCUT2D eigenvalue weighted by atomic mass is 16.2. The third-order valence-corrected chi connectivity index (χ3v) is 2.76. The van der Waals surface area contributed by atoms with E-state index in [4.69, 9.17) is 0 Å². The Bertz CT molecular complexity index is 202. The van der Waals surface area contributed by atoms with Crippen LogP contribution in [0.3, 0.4) is 0 Å². The number of carbonyl (C=O) groups is 2. The van der Waals surface area contributed by atoms with E-state index >= 15 is 0 Å². The number of piperidine rings is 1. The average molecular weight is 153 g/mol. The van der Waals surface area contributed by atoms with Gasteiger partial charge in [0.1, 0.15) is 0 Å². The first-order valence-corrected chi connectivity index (χ1v) is 4.04. The highest BCUT2D eigenvalue weighted by Gasteiger charge is 2.40. The number of fused-ring (bicyclic) bond motifs is 2. The molecule has 0 aromatic heterocycles. The van der Waals surface area contributed by atoms with Gasteiger partial charge in [-0.15, -0.1) is 0 Å². The first kappa shape index (κ1) is 6.98. The Morgan fingerprint density at radius 3 is 2.82 bits per heavy atom. The molecule has 3 heteroatoms. The Kier molecular flexibility index (Phi) is 1.53. The summed E-state index contributed by atoms with van der Waals surface area (Å²) in [5, 5.41) is 0. The van der Waals surface area contributed by atoms with Crippen LogP contribution in [0.1, 0.15) is 12.8 Å². The zero-order chi connectivity index (χ0) is 7.84. The molecule has 3 atom stereocenters. The van der Waals surface area contributed by atoms with Crippen molar-refractivity contribution in [3.05, 3.63) is 0 Å². The van der Waals surface area contributed by atoms with Crippen LogP contribution in [0.25, 0.3) is 0 Å². The van der Waals surface area contributed by atoms with Crippen LogP contribution in [0, 0.1) is 5.92 Å². The highest BCUT2D eigenvalue weighted by molar-refractivity contribution is 6.27. The molecule has 2 saturated heterocycles. The van der Waals surface area contributed by atoms with Gasteiger partial charge in [-0.3, -0.25) is 14.5 Å². The molecule has 0 spiro atoms. The van der Waals surface area contributed by atoms with Crippen LogP contribution in [-0.4, -0.2) is 36.1 Å². The Balaban J connectivity index is 2.07. The molecule has 2 aliphatic rings. The van der Waals surface area contributed by atoms with Crippen LogP contribution in [0.2, 0.25) is 0 Å². The van der Waals surface area contributed by atoms with Gasteiger partial charge in [0.2, 0.25) is 5.78 Å². The van der Waals surface area contributed by atoms with E-state index in [2.05, 4.69) is 4.90 Å². The summed E-state index contributed by atoms with van der Waals surface area (Å²) >= 11 is 0. The van der Waals surface area contributed by atoms with Crippen LogP contribution in [0.4, 0.5) is 0 Å². The fourth-order valence-corrected chi connectivity index (χ4v) is 2.18. The van der Waals surface area contributed by atoms with Gasteiger partial charge in [-0.1, -0.05) is 0 Å². The Labute approximate surface area is 65.4 Å². The maximum atomic E-state index is 11.0. The van der Waals surface area contributed by atoms with E-state index in [-0.39, 0.29) is 11.8 Å². The maximum absolute atomic E-state index is 11.0. The minimum Gasteiger partial charge on any atom is -0.295 e. The second kappa shape index (κ2) is 2.41. The van der Waals surface area contributed by atoms with Crippen LogP contribution in [0.15, 0.2) is 0 Å². The molecule has 3 unspecified atom stereocenters. The fraction of sp³-hybridized carbons (Fsp3) is 0.750. The number of hydrogen-bond acceptors (Lipinski definition) is 3. The number of ketones is 1. The summed E-state index contributed by atoms with van der Waals surface area (Å²) in [5.41, 5.74) is 0. The van der Waals surface area contributed by atoms with Crippen molar-refractivity contribution in [3.8, 4) is 0 Å². The lowest BCUT2D eigenvalue weighted by Crippen LogP contribution is -2.37. The standard InChI is InChI=1S/C8H11NO2/c10-5-8(11)7-3-6-1-2-9(7)4-6/h5-7H,1-4H2.